The number of hydrogen-bond acceptors (Lipinski definition) is 4. The molecule has 0 saturated carbocycles. The number of benzene rings is 1. The summed E-state index contributed by atoms with van der Waals surface area (Å²) in [6.07, 6.45) is 0.404. The monoisotopic (exact) mass is 251 g/mol. The number of phenols is 1. The minimum Gasteiger partial charge on any atom is -0.508 e. The van der Waals surface area contributed by atoms with E-state index >= 15 is 0 Å². The summed E-state index contributed by atoms with van der Waals surface area (Å²) in [7, 11) is 0. The molecule has 18 heavy (non-hydrogen) atoms. The lowest BCUT2D eigenvalue weighted by atomic mass is 10.0. The zero-order valence-electron chi connectivity index (χ0n) is 11.4. The van der Waals surface area contributed by atoms with E-state index in [0.717, 1.165) is 11.1 Å². The second kappa shape index (κ2) is 5.40. The van der Waals surface area contributed by atoms with E-state index in [2.05, 4.69) is 0 Å². The highest BCUT2D eigenvalue weighted by Crippen LogP contribution is 2.17. The van der Waals surface area contributed by atoms with Gasteiger partial charge in [0.15, 0.2) is 0 Å². The predicted octanol–water partition coefficient (Wildman–Crippen LogP) is 1.91. The minimum absolute atomic E-state index is 0.210. The normalized spacial score (nSPS) is 13.2. The summed E-state index contributed by atoms with van der Waals surface area (Å²) >= 11 is 0. The van der Waals surface area contributed by atoms with Gasteiger partial charge < -0.3 is 15.6 Å². The van der Waals surface area contributed by atoms with Crippen molar-refractivity contribution in [3.63, 3.8) is 0 Å². The highest BCUT2D eigenvalue weighted by molar-refractivity contribution is 5.76. The Morgan fingerprint density at radius 3 is 2.56 bits per heavy atom. The fraction of sp³-hybridized carbons (Fsp3) is 0.500. The summed E-state index contributed by atoms with van der Waals surface area (Å²) in [6.45, 7) is 7.30. The Labute approximate surface area is 108 Å². The average Bonchev–Trinajstić information content (AvgIpc) is 2.19. The Kier molecular flexibility index (Phi) is 4.35. The van der Waals surface area contributed by atoms with E-state index in [1.54, 1.807) is 18.2 Å². The Hall–Kier alpha value is -1.55. The third-order valence-electron chi connectivity index (χ3n) is 2.48. The van der Waals surface area contributed by atoms with E-state index in [1.807, 2.05) is 27.7 Å². The van der Waals surface area contributed by atoms with Crippen LogP contribution in [0.5, 0.6) is 5.75 Å². The van der Waals surface area contributed by atoms with Gasteiger partial charge in [0.25, 0.3) is 0 Å². The largest absolute Gasteiger partial charge is 0.508 e. The number of ether oxygens (including phenoxy) is 1. The molecular weight excluding hydrogens is 230 g/mol. The maximum Gasteiger partial charge on any atom is 0.323 e. The first-order chi connectivity index (χ1) is 8.19. The number of carbonyl (C=O) groups excluding carboxylic acids is 1. The lowest BCUT2D eigenvalue weighted by molar-refractivity contribution is -0.156. The molecule has 100 valence electrons. The molecule has 0 aliphatic carbocycles. The van der Waals surface area contributed by atoms with Crippen LogP contribution in [0, 0.1) is 6.92 Å². The van der Waals surface area contributed by atoms with Crippen molar-refractivity contribution in [2.24, 2.45) is 5.73 Å². The van der Waals surface area contributed by atoms with Gasteiger partial charge >= 0.3 is 5.97 Å². The van der Waals surface area contributed by atoms with Crippen LogP contribution in [-0.4, -0.2) is 22.7 Å². The molecule has 0 amide bonds. The van der Waals surface area contributed by atoms with Gasteiger partial charge in [-0.15, -0.1) is 0 Å². The highest BCUT2D eigenvalue weighted by Gasteiger charge is 2.22. The Balaban J connectivity index is 2.69. The van der Waals surface area contributed by atoms with Crippen molar-refractivity contribution in [1.82, 2.24) is 0 Å². The second-order valence-corrected chi connectivity index (χ2v) is 5.45. The molecule has 4 nitrogen and oxygen atoms in total. The zero-order chi connectivity index (χ0) is 13.9. The maximum atomic E-state index is 11.7. The number of hydrogen-bond donors (Lipinski definition) is 2. The third kappa shape index (κ3) is 4.37. The fourth-order valence-electron chi connectivity index (χ4n) is 1.61. The van der Waals surface area contributed by atoms with Crippen LogP contribution < -0.4 is 5.73 Å². The third-order valence-corrected chi connectivity index (χ3v) is 2.48. The van der Waals surface area contributed by atoms with Crippen LogP contribution in [0.1, 0.15) is 31.9 Å². The number of aromatic hydroxyl groups is 1. The van der Waals surface area contributed by atoms with Gasteiger partial charge in [0.2, 0.25) is 0 Å². The average molecular weight is 251 g/mol. The number of nitrogens with two attached hydrogens (primary N) is 1. The zero-order valence-corrected chi connectivity index (χ0v) is 11.4. The van der Waals surface area contributed by atoms with Crippen molar-refractivity contribution < 1.29 is 14.6 Å². The second-order valence-electron chi connectivity index (χ2n) is 5.45. The van der Waals surface area contributed by atoms with Crippen LogP contribution in [0.15, 0.2) is 18.2 Å². The van der Waals surface area contributed by atoms with E-state index in [0.29, 0.717) is 6.42 Å². The number of carbonyl (C=O) groups is 1. The molecule has 4 heteroatoms. The van der Waals surface area contributed by atoms with Crippen LogP contribution in [0.4, 0.5) is 0 Å². The SMILES string of the molecule is Cc1cc(O)ccc1CC(N)C(=O)OC(C)(C)C. The number of phenolic OH excluding ortho intramolecular Hbond substituents is 1. The molecule has 1 aromatic rings. The molecule has 1 rings (SSSR count). The Morgan fingerprint density at radius 1 is 1.44 bits per heavy atom. The maximum absolute atomic E-state index is 11.7. The van der Waals surface area contributed by atoms with Crippen molar-refractivity contribution >= 4 is 5.97 Å². The summed E-state index contributed by atoms with van der Waals surface area (Å²) in [5.41, 5.74) is 7.14. The number of esters is 1. The van der Waals surface area contributed by atoms with E-state index in [9.17, 15) is 9.90 Å². The van der Waals surface area contributed by atoms with Crippen molar-refractivity contribution in [2.75, 3.05) is 0 Å². The molecule has 0 aliphatic rings. The topological polar surface area (TPSA) is 72.5 Å². The van der Waals surface area contributed by atoms with Gasteiger partial charge in [-0.1, -0.05) is 6.07 Å². The van der Waals surface area contributed by atoms with Crippen molar-refractivity contribution in [3.8, 4) is 5.75 Å². The molecule has 3 N–H and O–H groups in total. The van der Waals surface area contributed by atoms with Crippen LogP contribution >= 0.6 is 0 Å². The van der Waals surface area contributed by atoms with Gasteiger partial charge in [-0.25, -0.2) is 0 Å². The summed E-state index contributed by atoms with van der Waals surface area (Å²) in [5, 5.41) is 9.31. The minimum atomic E-state index is -0.688. The molecule has 0 fully saturated rings. The molecule has 0 heterocycles. The molecule has 1 unspecified atom stereocenters. The standard InChI is InChI=1S/C14H21NO3/c1-9-7-11(16)6-5-10(9)8-12(15)13(17)18-14(2,3)4/h5-7,12,16H,8,15H2,1-4H3. The van der Waals surface area contributed by atoms with Crippen LogP contribution in [-0.2, 0) is 16.0 Å². The van der Waals surface area contributed by atoms with Crippen LogP contribution in [0.2, 0.25) is 0 Å². The fourth-order valence-corrected chi connectivity index (χ4v) is 1.61. The van der Waals surface area contributed by atoms with Crippen molar-refractivity contribution in [1.29, 1.82) is 0 Å². The lowest BCUT2D eigenvalue weighted by Gasteiger charge is -2.22. The predicted molar refractivity (Wildman–Crippen MR) is 70.4 cm³/mol. The molecule has 0 bridgehead atoms. The summed E-state index contributed by atoms with van der Waals surface area (Å²) in [4.78, 5) is 11.7. The molecule has 0 saturated heterocycles. The molecule has 0 aromatic heterocycles. The molecule has 0 spiro atoms. The first-order valence-electron chi connectivity index (χ1n) is 5.96. The molecule has 0 aliphatic heterocycles. The van der Waals surface area contributed by atoms with Gasteiger partial charge in [-0.2, -0.15) is 0 Å². The van der Waals surface area contributed by atoms with Gasteiger partial charge in [0.05, 0.1) is 0 Å². The van der Waals surface area contributed by atoms with E-state index in [1.165, 1.54) is 0 Å². The number of aryl methyl sites for hydroxylation is 1. The van der Waals surface area contributed by atoms with Gasteiger partial charge in [0, 0.05) is 0 Å². The van der Waals surface area contributed by atoms with Gasteiger partial charge in [-0.05, 0) is 57.4 Å². The Bertz CT molecular complexity index is 435. The highest BCUT2D eigenvalue weighted by atomic mass is 16.6. The summed E-state index contributed by atoms with van der Waals surface area (Å²) < 4.78 is 5.22. The molecule has 0 radical (unpaired) electrons. The first kappa shape index (κ1) is 14.5. The lowest BCUT2D eigenvalue weighted by Crippen LogP contribution is -2.38. The van der Waals surface area contributed by atoms with Crippen LogP contribution in [0.3, 0.4) is 0 Å². The van der Waals surface area contributed by atoms with E-state index in [-0.39, 0.29) is 5.75 Å². The molecule has 1 atom stereocenters. The van der Waals surface area contributed by atoms with Crippen LogP contribution in [0.25, 0.3) is 0 Å². The van der Waals surface area contributed by atoms with Gasteiger partial charge in [-0.3, -0.25) is 4.79 Å². The molecule has 1 aromatic carbocycles. The first-order valence-corrected chi connectivity index (χ1v) is 5.96. The van der Waals surface area contributed by atoms with Gasteiger partial charge in [0.1, 0.15) is 17.4 Å². The quantitative estimate of drug-likeness (QED) is 0.805. The smallest absolute Gasteiger partial charge is 0.323 e. The Morgan fingerprint density at radius 2 is 2.06 bits per heavy atom. The number of rotatable bonds is 3. The van der Waals surface area contributed by atoms with Crippen molar-refractivity contribution in [2.45, 2.75) is 45.8 Å². The summed E-state index contributed by atoms with van der Waals surface area (Å²) in [5.74, 6) is -0.197. The van der Waals surface area contributed by atoms with Crippen molar-refractivity contribution in [3.05, 3.63) is 29.3 Å². The molecular formula is C14H21NO3. The van der Waals surface area contributed by atoms with E-state index < -0.39 is 17.6 Å². The van der Waals surface area contributed by atoms with E-state index in [4.69, 9.17) is 10.5 Å². The summed E-state index contributed by atoms with van der Waals surface area (Å²) in [6, 6.07) is 4.32.